The number of aliphatic hydroxyl groups is 2. The molecule has 31 heavy (non-hydrogen) atoms. The molecule has 0 saturated carbocycles. The number of esters is 1. The highest BCUT2D eigenvalue weighted by molar-refractivity contribution is 5.97. The minimum Gasteiger partial charge on any atom is -0.507 e. The number of aliphatic hydroxyl groups excluding tert-OH is 2. The van der Waals surface area contributed by atoms with Crippen molar-refractivity contribution in [1.82, 2.24) is 0 Å². The maximum absolute atomic E-state index is 12.7. The van der Waals surface area contributed by atoms with E-state index in [4.69, 9.17) is 14.7 Å². The van der Waals surface area contributed by atoms with Crippen LogP contribution >= 0.6 is 0 Å². The number of carbonyl (C=O) groups excluding carboxylic acids is 2. The van der Waals surface area contributed by atoms with Crippen molar-refractivity contribution in [2.45, 2.75) is 38.6 Å². The number of phenols is 1. The highest BCUT2D eigenvalue weighted by atomic mass is 16.7. The molecule has 0 amide bonds. The largest absolute Gasteiger partial charge is 0.507 e. The SMILES string of the molecule is C[C@@H]1/C=C\C(=O)[C@@H](O)[C@@H](O)C/C=C/c2cc(NOCC(=O)O)cc(O)c2C(=O)O[C@H]1C. The Labute approximate surface area is 178 Å². The van der Waals surface area contributed by atoms with Crippen LogP contribution in [0.25, 0.3) is 6.08 Å². The molecular weight excluding hydrogens is 410 g/mol. The van der Waals surface area contributed by atoms with Crippen LogP contribution in [0.2, 0.25) is 0 Å². The van der Waals surface area contributed by atoms with Gasteiger partial charge in [-0.3, -0.25) is 15.1 Å². The van der Waals surface area contributed by atoms with E-state index >= 15 is 0 Å². The minimum absolute atomic E-state index is 0.116. The third-order valence-electron chi connectivity index (χ3n) is 4.67. The number of nitrogens with one attached hydrogen (secondary N) is 1. The highest BCUT2D eigenvalue weighted by Gasteiger charge is 2.25. The number of ether oxygens (including phenoxy) is 1. The number of cyclic esters (lactones) is 1. The van der Waals surface area contributed by atoms with Gasteiger partial charge in [-0.25, -0.2) is 9.59 Å². The van der Waals surface area contributed by atoms with Crippen LogP contribution in [0, 0.1) is 5.92 Å². The zero-order valence-electron chi connectivity index (χ0n) is 17.0. The second kappa shape index (κ2) is 10.7. The number of carboxylic acids is 1. The average Bonchev–Trinajstić information content (AvgIpc) is 2.69. The van der Waals surface area contributed by atoms with E-state index in [0.29, 0.717) is 0 Å². The number of aliphatic carboxylic acids is 1. The van der Waals surface area contributed by atoms with Gasteiger partial charge in [0.1, 0.15) is 23.5 Å². The van der Waals surface area contributed by atoms with Gasteiger partial charge < -0.3 is 25.2 Å². The van der Waals surface area contributed by atoms with E-state index in [1.165, 1.54) is 30.4 Å². The number of phenolic OH excluding ortho intramolecular Hbond substituents is 1. The Hall–Kier alpha value is -3.21. The van der Waals surface area contributed by atoms with E-state index in [9.17, 15) is 29.7 Å². The van der Waals surface area contributed by atoms with Gasteiger partial charge in [-0.1, -0.05) is 25.2 Å². The molecular formula is C21H25NO9. The molecule has 1 aliphatic heterocycles. The van der Waals surface area contributed by atoms with Crippen molar-refractivity contribution in [3.63, 3.8) is 0 Å². The molecule has 10 heteroatoms. The first kappa shape index (κ1) is 24.1. The Morgan fingerprint density at radius 3 is 2.61 bits per heavy atom. The zero-order valence-corrected chi connectivity index (χ0v) is 17.0. The van der Waals surface area contributed by atoms with Crippen LogP contribution < -0.4 is 5.48 Å². The van der Waals surface area contributed by atoms with Crippen molar-refractivity contribution in [3.05, 3.63) is 41.5 Å². The van der Waals surface area contributed by atoms with Gasteiger partial charge in [-0.15, -0.1) is 0 Å². The van der Waals surface area contributed by atoms with Crippen LogP contribution in [0.1, 0.15) is 36.2 Å². The molecule has 0 spiro atoms. The average molecular weight is 435 g/mol. The molecule has 0 aliphatic carbocycles. The monoisotopic (exact) mass is 435 g/mol. The van der Waals surface area contributed by atoms with E-state index in [-0.39, 0.29) is 23.2 Å². The van der Waals surface area contributed by atoms with Crippen LogP contribution in [0.15, 0.2) is 30.4 Å². The molecule has 1 heterocycles. The van der Waals surface area contributed by atoms with Gasteiger partial charge in [0.15, 0.2) is 12.4 Å². The van der Waals surface area contributed by atoms with Crippen LogP contribution in [0.4, 0.5) is 5.69 Å². The van der Waals surface area contributed by atoms with Crippen LogP contribution in [0.3, 0.4) is 0 Å². The summed E-state index contributed by atoms with van der Waals surface area (Å²) in [5, 5.41) is 39.1. The normalized spacial score (nSPS) is 26.8. The van der Waals surface area contributed by atoms with Gasteiger partial charge in [-0.05, 0) is 31.1 Å². The fraction of sp³-hybridized carbons (Fsp3) is 0.381. The Kier molecular flexibility index (Phi) is 8.31. The molecule has 0 unspecified atom stereocenters. The first-order valence-electron chi connectivity index (χ1n) is 9.52. The van der Waals surface area contributed by atoms with Crippen molar-refractivity contribution >= 4 is 29.5 Å². The van der Waals surface area contributed by atoms with Gasteiger partial charge in [0.05, 0.1) is 11.8 Å². The number of hydrogen-bond donors (Lipinski definition) is 5. The molecule has 1 aromatic rings. The lowest BCUT2D eigenvalue weighted by atomic mass is 9.99. The molecule has 0 bridgehead atoms. The molecule has 10 nitrogen and oxygen atoms in total. The standard InChI is InChI=1S/C21H25NO9/c1-11-6-7-16(24)20(28)15(23)5-3-4-13-8-14(22-30-10-18(26)27)9-17(25)19(13)21(29)31-12(11)2/h3-4,6-9,11-12,15,20,22-23,25,28H,5,10H2,1-2H3,(H,26,27)/b4-3+,7-6-/t11-,12+,15+,20+/m1/s1. The molecule has 168 valence electrons. The molecule has 0 saturated heterocycles. The molecule has 1 aliphatic rings. The molecule has 2 rings (SSSR count). The van der Waals surface area contributed by atoms with Crippen molar-refractivity contribution in [1.29, 1.82) is 0 Å². The van der Waals surface area contributed by atoms with E-state index in [1.807, 2.05) is 0 Å². The summed E-state index contributed by atoms with van der Waals surface area (Å²) in [5.41, 5.74) is 2.56. The summed E-state index contributed by atoms with van der Waals surface area (Å²) in [4.78, 5) is 40.1. The molecule has 5 N–H and O–H groups in total. The van der Waals surface area contributed by atoms with Crippen LogP contribution in [-0.2, 0) is 19.2 Å². The van der Waals surface area contributed by atoms with Crippen molar-refractivity contribution in [2.24, 2.45) is 5.92 Å². The van der Waals surface area contributed by atoms with Gasteiger partial charge >= 0.3 is 11.9 Å². The highest BCUT2D eigenvalue weighted by Crippen LogP contribution is 2.30. The van der Waals surface area contributed by atoms with Crippen molar-refractivity contribution < 1.29 is 44.4 Å². The lowest BCUT2D eigenvalue weighted by Gasteiger charge is -2.20. The number of rotatable bonds is 4. The summed E-state index contributed by atoms with van der Waals surface area (Å²) in [6.07, 6.45) is 1.62. The quantitative estimate of drug-likeness (QED) is 0.344. The van der Waals surface area contributed by atoms with E-state index in [1.54, 1.807) is 13.8 Å². The minimum atomic E-state index is -1.63. The second-order valence-corrected chi connectivity index (χ2v) is 7.13. The molecule has 4 atom stereocenters. The van der Waals surface area contributed by atoms with Gasteiger partial charge in [-0.2, -0.15) is 0 Å². The summed E-state index contributed by atoms with van der Waals surface area (Å²) in [5.74, 6) is -3.54. The first-order valence-corrected chi connectivity index (χ1v) is 9.52. The topological polar surface area (TPSA) is 163 Å². The maximum atomic E-state index is 12.7. The van der Waals surface area contributed by atoms with E-state index < -0.39 is 54.3 Å². The lowest BCUT2D eigenvalue weighted by molar-refractivity contribution is -0.141. The predicted octanol–water partition coefficient (Wildman–Crippen LogP) is 1.27. The fourth-order valence-corrected chi connectivity index (χ4v) is 2.73. The Balaban J connectivity index is 2.43. The number of carboxylic acid groups (broad SMARTS) is 1. The second-order valence-electron chi connectivity index (χ2n) is 7.13. The zero-order chi connectivity index (χ0) is 23.1. The van der Waals surface area contributed by atoms with E-state index in [0.717, 1.165) is 6.08 Å². The van der Waals surface area contributed by atoms with E-state index in [2.05, 4.69) is 5.48 Å². The molecule has 0 aromatic heterocycles. The smallest absolute Gasteiger partial charge is 0.342 e. The summed E-state index contributed by atoms with van der Waals surface area (Å²) >= 11 is 0. The summed E-state index contributed by atoms with van der Waals surface area (Å²) in [6.45, 7) is 2.66. The summed E-state index contributed by atoms with van der Waals surface area (Å²) in [7, 11) is 0. The Morgan fingerprint density at radius 2 is 1.94 bits per heavy atom. The number of aromatic hydroxyl groups is 1. The predicted molar refractivity (Wildman–Crippen MR) is 109 cm³/mol. The number of carbonyl (C=O) groups is 3. The third kappa shape index (κ3) is 6.64. The fourth-order valence-electron chi connectivity index (χ4n) is 2.73. The van der Waals surface area contributed by atoms with Crippen LogP contribution in [-0.4, -0.2) is 63.1 Å². The Morgan fingerprint density at radius 1 is 1.23 bits per heavy atom. The van der Waals surface area contributed by atoms with Crippen molar-refractivity contribution in [3.8, 4) is 5.75 Å². The number of ketones is 1. The summed E-state index contributed by atoms with van der Waals surface area (Å²) < 4.78 is 5.41. The van der Waals surface area contributed by atoms with Crippen molar-refractivity contribution in [2.75, 3.05) is 12.1 Å². The molecule has 0 radical (unpaired) electrons. The third-order valence-corrected chi connectivity index (χ3v) is 4.67. The first-order chi connectivity index (χ1) is 14.6. The van der Waals surface area contributed by atoms with Gasteiger partial charge in [0.2, 0.25) is 0 Å². The number of hydrogen-bond acceptors (Lipinski definition) is 9. The number of benzene rings is 1. The molecule has 1 aromatic carbocycles. The van der Waals surface area contributed by atoms with Crippen LogP contribution in [0.5, 0.6) is 5.75 Å². The Bertz CT molecular complexity index is 893. The number of anilines is 1. The van der Waals surface area contributed by atoms with Gasteiger partial charge in [0.25, 0.3) is 0 Å². The summed E-state index contributed by atoms with van der Waals surface area (Å²) in [6, 6.07) is 2.58. The lowest BCUT2D eigenvalue weighted by Crippen LogP contribution is -2.32. The maximum Gasteiger partial charge on any atom is 0.342 e. The molecule has 0 fully saturated rings. The number of fused-ring (bicyclic) bond motifs is 1. The van der Waals surface area contributed by atoms with Gasteiger partial charge in [0, 0.05) is 12.0 Å².